The van der Waals surface area contributed by atoms with E-state index in [1.807, 2.05) is 25.1 Å². The fourth-order valence-electron chi connectivity index (χ4n) is 2.39. The lowest BCUT2D eigenvalue weighted by atomic mass is 10.0. The van der Waals surface area contributed by atoms with E-state index in [0.717, 1.165) is 16.6 Å². The molecule has 0 unspecified atom stereocenters. The topological polar surface area (TPSA) is 95.9 Å². The molecule has 2 aromatic heterocycles. The van der Waals surface area contributed by atoms with Crippen molar-refractivity contribution < 1.29 is 9.90 Å². The second-order valence-corrected chi connectivity index (χ2v) is 4.83. The summed E-state index contributed by atoms with van der Waals surface area (Å²) >= 11 is 0. The number of H-pyrrole nitrogens is 1. The number of aromatic carboxylic acids is 1. The van der Waals surface area contributed by atoms with Crippen LogP contribution in [0.4, 0.5) is 0 Å². The molecule has 22 heavy (non-hydrogen) atoms. The fraction of sp³-hybridized carbons (Fsp3) is 0.125. The van der Waals surface area contributed by atoms with E-state index in [1.165, 1.54) is 6.07 Å². The van der Waals surface area contributed by atoms with Crippen LogP contribution in [0.25, 0.3) is 22.3 Å². The van der Waals surface area contributed by atoms with Gasteiger partial charge in [-0.15, -0.1) is 0 Å². The molecule has 110 valence electrons. The third kappa shape index (κ3) is 2.35. The van der Waals surface area contributed by atoms with Crippen LogP contribution in [0.1, 0.15) is 22.8 Å². The average Bonchev–Trinajstić information content (AvgIpc) is 2.53. The van der Waals surface area contributed by atoms with E-state index in [-0.39, 0.29) is 5.56 Å². The van der Waals surface area contributed by atoms with Crippen LogP contribution in [0, 0.1) is 0 Å². The van der Waals surface area contributed by atoms with Gasteiger partial charge in [0.25, 0.3) is 5.56 Å². The van der Waals surface area contributed by atoms with Crippen molar-refractivity contribution in [1.82, 2.24) is 15.0 Å². The molecule has 6 nitrogen and oxygen atoms in total. The smallest absolute Gasteiger partial charge is 0.341 e. The number of aryl methyl sites for hydroxylation is 1. The molecule has 0 aliphatic rings. The summed E-state index contributed by atoms with van der Waals surface area (Å²) in [5.74, 6) is -1.23. The zero-order valence-corrected chi connectivity index (χ0v) is 11.8. The van der Waals surface area contributed by atoms with Gasteiger partial charge in [-0.05, 0) is 30.2 Å². The summed E-state index contributed by atoms with van der Waals surface area (Å²) in [5.41, 5.74) is 2.77. The Morgan fingerprint density at radius 3 is 2.59 bits per heavy atom. The Morgan fingerprint density at radius 1 is 1.18 bits per heavy atom. The minimum Gasteiger partial charge on any atom is -0.477 e. The van der Waals surface area contributed by atoms with Crippen LogP contribution in [0.5, 0.6) is 0 Å². The molecule has 3 rings (SSSR count). The summed E-state index contributed by atoms with van der Waals surface area (Å²) in [5, 5.41) is 9.05. The molecule has 0 aliphatic carbocycles. The number of aromatic nitrogens is 3. The molecule has 0 saturated heterocycles. The second-order valence-electron chi connectivity index (χ2n) is 4.83. The Hall–Kier alpha value is -3.02. The summed E-state index contributed by atoms with van der Waals surface area (Å²) in [6.45, 7) is 1.91. The number of nitrogens with one attached hydrogen (secondary N) is 1. The molecule has 0 aliphatic heterocycles. The molecule has 2 heterocycles. The van der Waals surface area contributed by atoms with Crippen molar-refractivity contribution in [2.24, 2.45) is 0 Å². The SMILES string of the molecule is CCc1cc(C(=O)O)c(=O)[nH]c1-c1ccc2nccnc2c1. The van der Waals surface area contributed by atoms with Crippen molar-refractivity contribution in [3.8, 4) is 11.3 Å². The van der Waals surface area contributed by atoms with Crippen molar-refractivity contribution >= 4 is 17.0 Å². The Morgan fingerprint density at radius 2 is 1.91 bits per heavy atom. The summed E-state index contributed by atoms with van der Waals surface area (Å²) < 4.78 is 0. The summed E-state index contributed by atoms with van der Waals surface area (Å²) in [4.78, 5) is 34.1. The van der Waals surface area contributed by atoms with Gasteiger partial charge in [0.05, 0.1) is 16.7 Å². The first-order chi connectivity index (χ1) is 10.6. The highest BCUT2D eigenvalue weighted by atomic mass is 16.4. The van der Waals surface area contributed by atoms with Gasteiger partial charge in [0.2, 0.25) is 0 Å². The summed E-state index contributed by atoms with van der Waals surface area (Å²) in [6.07, 6.45) is 3.82. The molecule has 0 atom stereocenters. The number of hydrogen-bond donors (Lipinski definition) is 2. The van der Waals surface area contributed by atoms with Crippen LogP contribution in [0.2, 0.25) is 0 Å². The van der Waals surface area contributed by atoms with Crippen molar-refractivity contribution in [1.29, 1.82) is 0 Å². The molecule has 0 fully saturated rings. The van der Waals surface area contributed by atoms with Gasteiger partial charge in [-0.25, -0.2) is 4.79 Å². The van der Waals surface area contributed by atoms with Gasteiger partial charge in [-0.1, -0.05) is 13.0 Å². The minimum atomic E-state index is -1.23. The van der Waals surface area contributed by atoms with Gasteiger partial charge in [-0.3, -0.25) is 14.8 Å². The highest BCUT2D eigenvalue weighted by molar-refractivity contribution is 5.88. The fourth-order valence-corrected chi connectivity index (χ4v) is 2.39. The molecule has 0 radical (unpaired) electrons. The molecule has 2 N–H and O–H groups in total. The second kappa shape index (κ2) is 5.40. The molecule has 0 spiro atoms. The Bertz CT molecular complexity index is 931. The zero-order valence-electron chi connectivity index (χ0n) is 11.8. The normalized spacial score (nSPS) is 10.8. The van der Waals surface area contributed by atoms with Crippen molar-refractivity contribution in [2.45, 2.75) is 13.3 Å². The maximum Gasteiger partial charge on any atom is 0.341 e. The number of benzene rings is 1. The van der Waals surface area contributed by atoms with Gasteiger partial charge in [0, 0.05) is 18.0 Å². The van der Waals surface area contributed by atoms with Gasteiger partial charge >= 0.3 is 5.97 Å². The predicted octanol–water partition coefficient (Wildman–Crippen LogP) is 2.25. The van der Waals surface area contributed by atoms with E-state index in [4.69, 9.17) is 5.11 Å². The third-order valence-corrected chi connectivity index (χ3v) is 3.49. The van der Waals surface area contributed by atoms with E-state index < -0.39 is 11.5 Å². The zero-order chi connectivity index (χ0) is 15.7. The number of pyridine rings is 1. The summed E-state index contributed by atoms with van der Waals surface area (Å²) in [7, 11) is 0. The van der Waals surface area contributed by atoms with E-state index in [2.05, 4.69) is 15.0 Å². The third-order valence-electron chi connectivity index (χ3n) is 3.49. The van der Waals surface area contributed by atoms with Crippen molar-refractivity contribution in [3.05, 3.63) is 58.1 Å². The number of nitrogens with zero attached hydrogens (tertiary/aromatic N) is 2. The van der Waals surface area contributed by atoms with Crippen LogP contribution in [-0.2, 0) is 6.42 Å². The highest BCUT2D eigenvalue weighted by Gasteiger charge is 2.14. The standard InChI is InChI=1S/C16H13N3O3/c1-2-9-7-11(16(21)22)15(20)19-14(9)10-3-4-12-13(8-10)18-6-5-17-12/h3-8H,2H2,1H3,(H,19,20)(H,21,22). The lowest BCUT2D eigenvalue weighted by Crippen LogP contribution is -2.19. The number of rotatable bonds is 3. The van der Waals surface area contributed by atoms with Crippen LogP contribution < -0.4 is 5.56 Å². The monoisotopic (exact) mass is 295 g/mol. The van der Waals surface area contributed by atoms with E-state index in [1.54, 1.807) is 12.4 Å². The Kier molecular flexibility index (Phi) is 3.42. The number of carboxylic acid groups (broad SMARTS) is 1. The van der Waals surface area contributed by atoms with Crippen LogP contribution in [0.3, 0.4) is 0 Å². The maximum absolute atomic E-state index is 11.9. The van der Waals surface area contributed by atoms with Crippen LogP contribution >= 0.6 is 0 Å². The Labute approximate surface area is 125 Å². The molecule has 0 amide bonds. The van der Waals surface area contributed by atoms with Crippen molar-refractivity contribution in [2.75, 3.05) is 0 Å². The van der Waals surface area contributed by atoms with Gasteiger partial charge in [0.15, 0.2) is 0 Å². The molecule has 6 heteroatoms. The highest BCUT2D eigenvalue weighted by Crippen LogP contribution is 2.24. The molecular formula is C16H13N3O3. The predicted molar refractivity (Wildman–Crippen MR) is 81.9 cm³/mol. The number of hydrogen-bond acceptors (Lipinski definition) is 4. The van der Waals surface area contributed by atoms with Gasteiger partial charge in [0.1, 0.15) is 5.56 Å². The number of carboxylic acids is 1. The number of fused-ring (bicyclic) bond motifs is 1. The average molecular weight is 295 g/mol. The van der Waals surface area contributed by atoms with Crippen LogP contribution in [-0.4, -0.2) is 26.0 Å². The number of carbonyl (C=O) groups is 1. The molecular weight excluding hydrogens is 282 g/mol. The molecule has 3 aromatic rings. The molecule has 0 bridgehead atoms. The molecule has 0 saturated carbocycles. The van der Waals surface area contributed by atoms with E-state index >= 15 is 0 Å². The first kappa shape index (κ1) is 13.9. The van der Waals surface area contributed by atoms with Gasteiger partial charge < -0.3 is 10.1 Å². The van der Waals surface area contributed by atoms with Crippen LogP contribution in [0.15, 0.2) is 41.5 Å². The maximum atomic E-state index is 11.9. The first-order valence-electron chi connectivity index (χ1n) is 6.80. The van der Waals surface area contributed by atoms with Crippen molar-refractivity contribution in [3.63, 3.8) is 0 Å². The first-order valence-corrected chi connectivity index (χ1v) is 6.80. The minimum absolute atomic E-state index is 0.249. The summed E-state index contributed by atoms with van der Waals surface area (Å²) in [6, 6.07) is 6.91. The largest absolute Gasteiger partial charge is 0.477 e. The lowest BCUT2D eigenvalue weighted by molar-refractivity contribution is 0.0695. The van der Waals surface area contributed by atoms with Gasteiger partial charge in [-0.2, -0.15) is 0 Å². The quantitative estimate of drug-likeness (QED) is 0.772. The number of aromatic amines is 1. The Balaban J connectivity index is 2.23. The lowest BCUT2D eigenvalue weighted by Gasteiger charge is -2.09. The molecule has 1 aromatic carbocycles. The van der Waals surface area contributed by atoms with E-state index in [0.29, 0.717) is 17.6 Å². The van der Waals surface area contributed by atoms with E-state index in [9.17, 15) is 9.59 Å².